The van der Waals surface area contributed by atoms with Crippen molar-refractivity contribution in [1.82, 2.24) is 15.1 Å². The molecule has 2 aliphatic rings. The lowest BCUT2D eigenvalue weighted by molar-refractivity contribution is 0.460. The van der Waals surface area contributed by atoms with Gasteiger partial charge in [-0.25, -0.2) is 0 Å². The van der Waals surface area contributed by atoms with Crippen molar-refractivity contribution < 1.29 is 0 Å². The minimum Gasteiger partial charge on any atom is -0.308 e. The highest BCUT2D eigenvalue weighted by atomic mass is 15.3. The smallest absolute Gasteiger partial charge is 0.0762 e. The molecule has 3 heteroatoms. The second kappa shape index (κ2) is 4.81. The minimum atomic E-state index is 0.674. The maximum Gasteiger partial charge on any atom is 0.0762 e. The van der Waals surface area contributed by atoms with E-state index in [0.29, 0.717) is 6.04 Å². The molecule has 2 fully saturated rings. The molecule has 0 amide bonds. The Morgan fingerprint density at radius 1 is 1.41 bits per heavy atom. The Bertz CT molecular complexity index is 365. The van der Waals surface area contributed by atoms with Crippen molar-refractivity contribution in [3.8, 4) is 0 Å². The van der Waals surface area contributed by atoms with E-state index >= 15 is 0 Å². The van der Waals surface area contributed by atoms with Crippen LogP contribution in [0.25, 0.3) is 0 Å². The zero-order chi connectivity index (χ0) is 11.7. The summed E-state index contributed by atoms with van der Waals surface area (Å²) in [5.41, 5.74) is 1.21. The van der Waals surface area contributed by atoms with Crippen molar-refractivity contribution in [2.24, 2.45) is 5.92 Å². The topological polar surface area (TPSA) is 29.9 Å². The number of hydrogen-bond acceptors (Lipinski definition) is 2. The highest BCUT2D eigenvalue weighted by molar-refractivity contribution is 5.02. The van der Waals surface area contributed by atoms with E-state index in [9.17, 15) is 0 Å². The van der Waals surface area contributed by atoms with Gasteiger partial charge in [0.1, 0.15) is 0 Å². The number of hydrogen-bond donors (Lipinski definition) is 1. The van der Waals surface area contributed by atoms with Crippen molar-refractivity contribution in [3.63, 3.8) is 0 Å². The molecule has 94 valence electrons. The second-order valence-corrected chi connectivity index (χ2v) is 5.62. The third-order valence-corrected chi connectivity index (χ3v) is 4.35. The molecule has 0 saturated heterocycles. The fraction of sp³-hybridized carbons (Fsp3) is 0.786. The van der Waals surface area contributed by atoms with E-state index in [0.717, 1.165) is 18.5 Å². The Labute approximate surface area is 104 Å². The van der Waals surface area contributed by atoms with Crippen LogP contribution in [0, 0.1) is 5.92 Å². The molecule has 17 heavy (non-hydrogen) atoms. The van der Waals surface area contributed by atoms with Gasteiger partial charge in [0.25, 0.3) is 0 Å². The monoisotopic (exact) mass is 233 g/mol. The predicted molar refractivity (Wildman–Crippen MR) is 68.8 cm³/mol. The first kappa shape index (κ1) is 11.3. The van der Waals surface area contributed by atoms with Gasteiger partial charge in [0, 0.05) is 18.8 Å². The van der Waals surface area contributed by atoms with Crippen LogP contribution in [-0.2, 0) is 6.54 Å². The summed E-state index contributed by atoms with van der Waals surface area (Å²) in [6, 6.07) is 3.61. The Morgan fingerprint density at radius 2 is 2.24 bits per heavy atom. The van der Waals surface area contributed by atoms with Crippen LogP contribution in [0.4, 0.5) is 0 Å². The molecule has 2 unspecified atom stereocenters. The van der Waals surface area contributed by atoms with Gasteiger partial charge < -0.3 is 5.32 Å². The fourth-order valence-corrected chi connectivity index (χ4v) is 3.03. The molecule has 0 aliphatic heterocycles. The van der Waals surface area contributed by atoms with E-state index in [4.69, 9.17) is 5.10 Å². The zero-order valence-corrected chi connectivity index (χ0v) is 10.7. The van der Waals surface area contributed by atoms with Gasteiger partial charge in [0.2, 0.25) is 0 Å². The van der Waals surface area contributed by atoms with Crippen LogP contribution in [0.3, 0.4) is 0 Å². The summed E-state index contributed by atoms with van der Waals surface area (Å²) >= 11 is 0. The summed E-state index contributed by atoms with van der Waals surface area (Å²) in [4.78, 5) is 0. The minimum absolute atomic E-state index is 0.674. The van der Waals surface area contributed by atoms with Crippen LogP contribution in [0.1, 0.15) is 57.2 Å². The number of aromatic nitrogens is 2. The van der Waals surface area contributed by atoms with E-state index in [2.05, 4.69) is 29.2 Å². The first-order valence-electron chi connectivity index (χ1n) is 7.14. The third kappa shape index (κ3) is 2.54. The van der Waals surface area contributed by atoms with Gasteiger partial charge in [-0.2, -0.15) is 5.10 Å². The first-order valence-corrected chi connectivity index (χ1v) is 7.14. The molecule has 2 atom stereocenters. The molecule has 0 bridgehead atoms. The van der Waals surface area contributed by atoms with Gasteiger partial charge in [-0.05, 0) is 31.2 Å². The molecule has 1 heterocycles. The first-order chi connectivity index (χ1) is 8.36. The maximum atomic E-state index is 4.70. The average Bonchev–Trinajstić information content (AvgIpc) is 2.79. The summed E-state index contributed by atoms with van der Waals surface area (Å²) < 4.78 is 2.19. The van der Waals surface area contributed by atoms with E-state index in [1.165, 1.54) is 44.2 Å². The molecule has 1 aromatic rings. The standard InChI is InChI=1S/C14H23N3/c1-2-11-9-14(11)15-10-12-7-8-17(16-12)13-5-3-4-6-13/h7-8,11,13-15H,2-6,9-10H2,1H3. The Kier molecular flexibility index (Phi) is 3.19. The van der Waals surface area contributed by atoms with Gasteiger partial charge in [-0.15, -0.1) is 0 Å². The summed E-state index contributed by atoms with van der Waals surface area (Å²) in [6.07, 6.45) is 10.2. The molecular weight excluding hydrogens is 210 g/mol. The van der Waals surface area contributed by atoms with Gasteiger partial charge in [0.05, 0.1) is 11.7 Å². The van der Waals surface area contributed by atoms with E-state index < -0.39 is 0 Å². The van der Waals surface area contributed by atoms with Crippen LogP contribution < -0.4 is 5.32 Å². The van der Waals surface area contributed by atoms with Crippen molar-refractivity contribution in [3.05, 3.63) is 18.0 Å². The lowest BCUT2D eigenvalue weighted by atomic mass is 10.3. The van der Waals surface area contributed by atoms with Crippen molar-refractivity contribution >= 4 is 0 Å². The fourth-order valence-electron chi connectivity index (χ4n) is 3.03. The molecule has 3 rings (SSSR count). The quantitative estimate of drug-likeness (QED) is 0.847. The second-order valence-electron chi connectivity index (χ2n) is 5.62. The summed E-state index contributed by atoms with van der Waals surface area (Å²) in [5.74, 6) is 0.923. The lowest BCUT2D eigenvalue weighted by Gasteiger charge is -2.08. The van der Waals surface area contributed by atoms with Gasteiger partial charge in [0.15, 0.2) is 0 Å². The van der Waals surface area contributed by atoms with E-state index in [-0.39, 0.29) is 0 Å². The molecule has 2 aliphatic carbocycles. The number of nitrogens with one attached hydrogen (secondary N) is 1. The van der Waals surface area contributed by atoms with Gasteiger partial charge in [-0.3, -0.25) is 4.68 Å². The molecule has 1 N–H and O–H groups in total. The zero-order valence-electron chi connectivity index (χ0n) is 10.7. The lowest BCUT2D eigenvalue weighted by Crippen LogP contribution is -2.18. The number of nitrogens with zero attached hydrogens (tertiary/aromatic N) is 2. The van der Waals surface area contributed by atoms with Crippen LogP contribution in [0.2, 0.25) is 0 Å². The molecule has 1 aromatic heterocycles. The normalized spacial score (nSPS) is 28.8. The Balaban J connectivity index is 1.50. The number of rotatable bonds is 5. The van der Waals surface area contributed by atoms with Crippen LogP contribution >= 0.6 is 0 Å². The van der Waals surface area contributed by atoms with Gasteiger partial charge in [-0.1, -0.05) is 26.2 Å². The highest BCUT2D eigenvalue weighted by Crippen LogP contribution is 2.33. The molecule has 2 saturated carbocycles. The van der Waals surface area contributed by atoms with E-state index in [1.54, 1.807) is 0 Å². The molecule has 3 nitrogen and oxygen atoms in total. The third-order valence-electron chi connectivity index (χ3n) is 4.35. The molecule has 0 spiro atoms. The van der Waals surface area contributed by atoms with Crippen LogP contribution in [0.15, 0.2) is 12.3 Å². The molecule has 0 aromatic carbocycles. The predicted octanol–water partition coefficient (Wildman–Crippen LogP) is 2.89. The molecule has 0 radical (unpaired) electrons. The van der Waals surface area contributed by atoms with Crippen molar-refractivity contribution in [1.29, 1.82) is 0 Å². The summed E-state index contributed by atoms with van der Waals surface area (Å²) in [6.45, 7) is 3.22. The Morgan fingerprint density at radius 3 is 2.94 bits per heavy atom. The average molecular weight is 233 g/mol. The highest BCUT2D eigenvalue weighted by Gasteiger charge is 2.34. The largest absolute Gasteiger partial charge is 0.308 e. The summed E-state index contributed by atoms with van der Waals surface area (Å²) in [5, 5.41) is 8.30. The SMILES string of the molecule is CCC1CC1NCc1ccn(C2CCCC2)n1. The summed E-state index contributed by atoms with van der Waals surface area (Å²) in [7, 11) is 0. The van der Waals surface area contributed by atoms with Gasteiger partial charge >= 0.3 is 0 Å². The van der Waals surface area contributed by atoms with E-state index in [1.807, 2.05) is 0 Å². The van der Waals surface area contributed by atoms with Crippen LogP contribution in [0.5, 0.6) is 0 Å². The van der Waals surface area contributed by atoms with Crippen molar-refractivity contribution in [2.45, 2.75) is 64.1 Å². The van der Waals surface area contributed by atoms with Crippen LogP contribution in [-0.4, -0.2) is 15.8 Å². The maximum absolute atomic E-state index is 4.70. The molecular formula is C14H23N3. The Hall–Kier alpha value is -0.830. The van der Waals surface area contributed by atoms with Crippen molar-refractivity contribution in [2.75, 3.05) is 0 Å².